The number of thiophene rings is 1. The topological polar surface area (TPSA) is 63.6 Å². The molecule has 0 aliphatic carbocycles. The quantitative estimate of drug-likeness (QED) is 0.535. The molecule has 132 valence electrons. The van der Waals surface area contributed by atoms with Crippen molar-refractivity contribution in [1.29, 1.82) is 0 Å². The van der Waals surface area contributed by atoms with Gasteiger partial charge in [-0.05, 0) is 42.5 Å². The lowest BCUT2D eigenvalue weighted by atomic mass is 10.1. The van der Waals surface area contributed by atoms with Gasteiger partial charge in [-0.3, -0.25) is 4.79 Å². The molecule has 0 amide bonds. The molecule has 7 heteroatoms. The van der Waals surface area contributed by atoms with Crippen LogP contribution < -0.4 is 5.43 Å². The van der Waals surface area contributed by atoms with Gasteiger partial charge in [-0.2, -0.15) is 0 Å². The summed E-state index contributed by atoms with van der Waals surface area (Å²) in [7, 11) is 1.97. The van der Waals surface area contributed by atoms with Crippen LogP contribution in [0.15, 0.2) is 45.7 Å². The predicted molar refractivity (Wildman–Crippen MR) is 108 cm³/mol. The standard InChI is InChI=1S/C19H18N4OS2/c1-11-7-12(2)17-14(8-11)15(24)9-13(20-17)10-26-19-22-21-18(23(19)3)16-5-4-6-25-16/h4-9H,10H2,1-3H3,(H,20,24). The maximum atomic E-state index is 12.5. The second-order valence-corrected chi connectivity index (χ2v) is 8.18. The molecule has 3 heterocycles. The molecular formula is C19H18N4OS2. The van der Waals surface area contributed by atoms with Crippen LogP contribution in [-0.2, 0) is 12.8 Å². The Kier molecular flexibility index (Phi) is 4.42. The number of aromatic amines is 1. The summed E-state index contributed by atoms with van der Waals surface area (Å²) in [5, 5.41) is 12.2. The molecule has 0 unspecified atom stereocenters. The lowest BCUT2D eigenvalue weighted by Crippen LogP contribution is -2.06. The van der Waals surface area contributed by atoms with Gasteiger partial charge in [0.2, 0.25) is 0 Å². The van der Waals surface area contributed by atoms with E-state index in [9.17, 15) is 4.79 Å². The minimum atomic E-state index is 0.0541. The largest absolute Gasteiger partial charge is 0.357 e. The molecule has 0 fully saturated rings. The molecule has 0 radical (unpaired) electrons. The number of hydrogen-bond donors (Lipinski definition) is 1. The number of thioether (sulfide) groups is 1. The van der Waals surface area contributed by atoms with Crippen molar-refractivity contribution >= 4 is 34.0 Å². The molecule has 0 saturated carbocycles. The second-order valence-electron chi connectivity index (χ2n) is 6.29. The van der Waals surface area contributed by atoms with E-state index in [1.807, 2.05) is 49.0 Å². The fourth-order valence-corrected chi connectivity index (χ4v) is 4.60. The predicted octanol–water partition coefficient (Wildman–Crippen LogP) is 4.29. The summed E-state index contributed by atoms with van der Waals surface area (Å²) >= 11 is 3.21. The molecule has 0 atom stereocenters. The van der Waals surface area contributed by atoms with E-state index in [1.165, 1.54) is 0 Å². The molecule has 0 spiro atoms. The number of hydrogen-bond acceptors (Lipinski definition) is 5. The molecule has 0 saturated heterocycles. The van der Waals surface area contributed by atoms with E-state index in [4.69, 9.17) is 0 Å². The van der Waals surface area contributed by atoms with Crippen molar-refractivity contribution in [3.63, 3.8) is 0 Å². The van der Waals surface area contributed by atoms with Gasteiger partial charge in [0, 0.05) is 29.9 Å². The Morgan fingerprint density at radius 1 is 1.23 bits per heavy atom. The number of H-pyrrole nitrogens is 1. The van der Waals surface area contributed by atoms with Crippen LogP contribution in [0.2, 0.25) is 0 Å². The highest BCUT2D eigenvalue weighted by Gasteiger charge is 2.13. The summed E-state index contributed by atoms with van der Waals surface area (Å²) in [6.45, 7) is 4.03. The van der Waals surface area contributed by atoms with Crippen molar-refractivity contribution in [2.45, 2.75) is 24.8 Å². The fourth-order valence-electron chi connectivity index (χ4n) is 3.04. The van der Waals surface area contributed by atoms with Gasteiger partial charge in [0.15, 0.2) is 16.4 Å². The number of pyridine rings is 1. The van der Waals surface area contributed by atoms with Crippen LogP contribution in [0.5, 0.6) is 0 Å². The molecule has 1 aromatic carbocycles. The number of benzene rings is 1. The molecule has 1 N–H and O–H groups in total. The van der Waals surface area contributed by atoms with Gasteiger partial charge in [0.25, 0.3) is 0 Å². The third-order valence-electron chi connectivity index (χ3n) is 4.27. The van der Waals surface area contributed by atoms with Crippen molar-refractivity contribution in [3.05, 3.63) is 62.8 Å². The van der Waals surface area contributed by atoms with E-state index in [0.717, 1.165) is 43.6 Å². The third-order valence-corrected chi connectivity index (χ3v) is 6.20. The Hall–Kier alpha value is -2.38. The van der Waals surface area contributed by atoms with Crippen molar-refractivity contribution in [2.75, 3.05) is 0 Å². The van der Waals surface area contributed by atoms with Crippen molar-refractivity contribution in [3.8, 4) is 10.7 Å². The van der Waals surface area contributed by atoms with E-state index >= 15 is 0 Å². The molecule has 26 heavy (non-hydrogen) atoms. The van der Waals surface area contributed by atoms with E-state index in [2.05, 4.69) is 21.2 Å². The number of rotatable bonds is 4. The summed E-state index contributed by atoms with van der Waals surface area (Å²) in [4.78, 5) is 17.0. The number of nitrogens with zero attached hydrogens (tertiary/aromatic N) is 3. The van der Waals surface area contributed by atoms with Crippen molar-refractivity contribution < 1.29 is 0 Å². The highest BCUT2D eigenvalue weighted by Crippen LogP contribution is 2.27. The first-order valence-electron chi connectivity index (χ1n) is 8.22. The van der Waals surface area contributed by atoms with E-state index in [-0.39, 0.29) is 5.43 Å². The van der Waals surface area contributed by atoms with Crippen LogP contribution in [-0.4, -0.2) is 19.7 Å². The van der Waals surface area contributed by atoms with Gasteiger partial charge >= 0.3 is 0 Å². The summed E-state index contributed by atoms with van der Waals surface area (Å²) in [5.41, 5.74) is 4.04. The lowest BCUT2D eigenvalue weighted by molar-refractivity contribution is 0.794. The van der Waals surface area contributed by atoms with E-state index < -0.39 is 0 Å². The van der Waals surface area contributed by atoms with E-state index in [1.54, 1.807) is 29.2 Å². The lowest BCUT2D eigenvalue weighted by Gasteiger charge is -2.08. The zero-order valence-corrected chi connectivity index (χ0v) is 16.4. The summed E-state index contributed by atoms with van der Waals surface area (Å²) in [5.74, 6) is 1.50. The first-order valence-corrected chi connectivity index (χ1v) is 10.1. The summed E-state index contributed by atoms with van der Waals surface area (Å²) < 4.78 is 1.99. The van der Waals surface area contributed by atoms with Crippen LogP contribution in [0, 0.1) is 13.8 Å². The molecule has 4 aromatic rings. The van der Waals surface area contributed by atoms with Crippen LogP contribution in [0.25, 0.3) is 21.6 Å². The second kappa shape index (κ2) is 6.74. The van der Waals surface area contributed by atoms with Crippen molar-refractivity contribution in [2.24, 2.45) is 7.05 Å². The number of aryl methyl sites for hydroxylation is 2. The van der Waals surface area contributed by atoms with E-state index in [0.29, 0.717) is 5.75 Å². The van der Waals surface area contributed by atoms with Gasteiger partial charge in [-0.25, -0.2) is 0 Å². The average molecular weight is 383 g/mol. The van der Waals surface area contributed by atoms with Gasteiger partial charge < -0.3 is 9.55 Å². The van der Waals surface area contributed by atoms with Gasteiger partial charge in [-0.15, -0.1) is 21.5 Å². The summed E-state index contributed by atoms with van der Waals surface area (Å²) in [6, 6.07) is 9.75. The average Bonchev–Trinajstić information content (AvgIpc) is 3.24. The molecule has 4 rings (SSSR count). The first-order chi connectivity index (χ1) is 12.5. The Morgan fingerprint density at radius 2 is 2.08 bits per heavy atom. The monoisotopic (exact) mass is 382 g/mol. The maximum Gasteiger partial charge on any atom is 0.191 e. The number of nitrogens with one attached hydrogen (secondary N) is 1. The fraction of sp³-hybridized carbons (Fsp3) is 0.211. The third kappa shape index (κ3) is 3.08. The molecule has 0 aliphatic rings. The zero-order chi connectivity index (χ0) is 18.3. The highest BCUT2D eigenvalue weighted by atomic mass is 32.2. The van der Waals surface area contributed by atoms with Crippen LogP contribution in [0.4, 0.5) is 0 Å². The molecule has 3 aromatic heterocycles. The zero-order valence-electron chi connectivity index (χ0n) is 14.7. The smallest absolute Gasteiger partial charge is 0.191 e. The summed E-state index contributed by atoms with van der Waals surface area (Å²) in [6.07, 6.45) is 0. The Morgan fingerprint density at radius 3 is 2.85 bits per heavy atom. The van der Waals surface area contributed by atoms with Crippen LogP contribution >= 0.6 is 23.1 Å². The van der Waals surface area contributed by atoms with Gasteiger partial charge in [-0.1, -0.05) is 23.9 Å². The molecule has 0 aliphatic heterocycles. The maximum absolute atomic E-state index is 12.5. The van der Waals surface area contributed by atoms with Gasteiger partial charge in [0.1, 0.15) is 0 Å². The Balaban J connectivity index is 1.62. The molecule has 5 nitrogen and oxygen atoms in total. The number of aromatic nitrogens is 4. The Labute approximate surface area is 159 Å². The minimum Gasteiger partial charge on any atom is -0.357 e. The SMILES string of the molecule is Cc1cc(C)c2[nH]c(CSc3nnc(-c4cccs4)n3C)cc(=O)c2c1. The normalized spacial score (nSPS) is 11.3. The Bertz CT molecular complexity index is 1140. The van der Waals surface area contributed by atoms with Crippen molar-refractivity contribution in [1.82, 2.24) is 19.7 Å². The minimum absolute atomic E-state index is 0.0541. The van der Waals surface area contributed by atoms with Gasteiger partial charge in [0.05, 0.1) is 10.4 Å². The van der Waals surface area contributed by atoms with Crippen LogP contribution in [0.3, 0.4) is 0 Å². The molecular weight excluding hydrogens is 364 g/mol. The number of fused-ring (bicyclic) bond motifs is 1. The molecule has 0 bridgehead atoms. The first kappa shape index (κ1) is 17.1. The van der Waals surface area contributed by atoms with Crippen LogP contribution in [0.1, 0.15) is 16.8 Å². The highest BCUT2D eigenvalue weighted by molar-refractivity contribution is 7.98.